The van der Waals surface area contributed by atoms with Crippen LogP contribution in [0.4, 0.5) is 4.39 Å². The van der Waals surface area contributed by atoms with E-state index in [2.05, 4.69) is 17.1 Å². The van der Waals surface area contributed by atoms with Crippen LogP contribution >= 0.6 is 0 Å². The SMILES string of the molecule is CC1CCCN(CCCCNC(=O)CC(O)c2cccc(F)c2)C1. The third-order valence-electron chi connectivity index (χ3n) is 4.58. The van der Waals surface area contributed by atoms with Crippen LogP contribution in [0.1, 0.15) is 50.7 Å². The summed E-state index contributed by atoms with van der Waals surface area (Å²) in [6.45, 7) is 6.39. The molecule has 24 heavy (non-hydrogen) atoms. The largest absolute Gasteiger partial charge is 0.388 e. The van der Waals surface area contributed by atoms with E-state index in [9.17, 15) is 14.3 Å². The molecule has 1 aliphatic heterocycles. The summed E-state index contributed by atoms with van der Waals surface area (Å²) in [5, 5.41) is 12.8. The number of hydrogen-bond donors (Lipinski definition) is 2. The molecule has 0 bridgehead atoms. The zero-order chi connectivity index (χ0) is 17.4. The van der Waals surface area contributed by atoms with Gasteiger partial charge in [0.05, 0.1) is 12.5 Å². The van der Waals surface area contributed by atoms with E-state index in [1.54, 1.807) is 6.07 Å². The minimum Gasteiger partial charge on any atom is -0.388 e. The van der Waals surface area contributed by atoms with Crippen LogP contribution in [0, 0.1) is 11.7 Å². The molecular weight excluding hydrogens is 307 g/mol. The summed E-state index contributed by atoms with van der Waals surface area (Å²) in [5.41, 5.74) is 0.435. The summed E-state index contributed by atoms with van der Waals surface area (Å²) in [6, 6.07) is 5.74. The molecule has 0 saturated carbocycles. The van der Waals surface area contributed by atoms with Crippen molar-refractivity contribution in [3.05, 3.63) is 35.6 Å². The molecule has 0 spiro atoms. The zero-order valence-electron chi connectivity index (χ0n) is 14.5. The molecule has 0 aliphatic carbocycles. The predicted molar refractivity (Wildman–Crippen MR) is 93.1 cm³/mol. The minimum atomic E-state index is -0.962. The van der Waals surface area contributed by atoms with Gasteiger partial charge in [-0.2, -0.15) is 0 Å². The molecule has 0 radical (unpaired) electrons. The Morgan fingerprint density at radius 2 is 2.29 bits per heavy atom. The maximum atomic E-state index is 13.1. The number of nitrogens with one attached hydrogen (secondary N) is 1. The van der Waals surface area contributed by atoms with Crippen LogP contribution < -0.4 is 5.32 Å². The van der Waals surface area contributed by atoms with Gasteiger partial charge in [0.25, 0.3) is 0 Å². The van der Waals surface area contributed by atoms with Crippen LogP contribution in [-0.4, -0.2) is 42.1 Å². The predicted octanol–water partition coefficient (Wildman–Crippen LogP) is 2.88. The van der Waals surface area contributed by atoms with E-state index < -0.39 is 11.9 Å². The van der Waals surface area contributed by atoms with Crippen molar-refractivity contribution >= 4 is 5.91 Å². The molecule has 1 aromatic rings. The van der Waals surface area contributed by atoms with Crippen molar-refractivity contribution in [3.8, 4) is 0 Å². The molecular formula is C19H29FN2O2. The van der Waals surface area contributed by atoms with Crippen molar-refractivity contribution in [2.45, 2.75) is 45.1 Å². The minimum absolute atomic E-state index is 0.0346. The lowest BCUT2D eigenvalue weighted by atomic mass is 10.0. The highest BCUT2D eigenvalue weighted by atomic mass is 19.1. The van der Waals surface area contributed by atoms with Gasteiger partial charge in [0.15, 0.2) is 0 Å². The van der Waals surface area contributed by atoms with Crippen LogP contribution in [0.15, 0.2) is 24.3 Å². The number of rotatable bonds is 8. The number of halogens is 1. The van der Waals surface area contributed by atoms with Crippen LogP contribution in [0.5, 0.6) is 0 Å². The Bertz CT molecular complexity index is 524. The lowest BCUT2D eigenvalue weighted by molar-refractivity contribution is -0.123. The quantitative estimate of drug-likeness (QED) is 0.718. The first-order chi connectivity index (χ1) is 11.5. The number of piperidine rings is 1. The number of likely N-dealkylation sites (tertiary alicyclic amines) is 1. The molecule has 4 nitrogen and oxygen atoms in total. The number of carbonyl (C=O) groups is 1. The van der Waals surface area contributed by atoms with Gasteiger partial charge in [-0.1, -0.05) is 19.1 Å². The Morgan fingerprint density at radius 1 is 1.46 bits per heavy atom. The highest BCUT2D eigenvalue weighted by Gasteiger charge is 2.16. The Kier molecular flexibility index (Phi) is 7.66. The number of amides is 1. The summed E-state index contributed by atoms with van der Waals surface area (Å²) in [4.78, 5) is 14.3. The van der Waals surface area contributed by atoms with Gasteiger partial charge in [-0.25, -0.2) is 4.39 Å². The van der Waals surface area contributed by atoms with Crippen LogP contribution in [0.2, 0.25) is 0 Å². The van der Waals surface area contributed by atoms with E-state index in [-0.39, 0.29) is 12.3 Å². The highest BCUT2D eigenvalue weighted by Crippen LogP contribution is 2.17. The van der Waals surface area contributed by atoms with Gasteiger partial charge in [0.1, 0.15) is 5.82 Å². The standard InChI is InChI=1S/C19H29FN2O2/c1-15-6-5-11-22(14-15)10-3-2-9-21-19(24)13-18(23)16-7-4-8-17(20)12-16/h4,7-8,12,15,18,23H,2-3,5-6,9-11,13-14H2,1H3,(H,21,24). The van der Waals surface area contributed by atoms with E-state index >= 15 is 0 Å². The second-order valence-corrected chi connectivity index (χ2v) is 6.88. The number of aliphatic hydroxyl groups excluding tert-OH is 1. The van der Waals surface area contributed by atoms with E-state index in [1.165, 1.54) is 44.1 Å². The van der Waals surface area contributed by atoms with Crippen molar-refractivity contribution in [1.29, 1.82) is 0 Å². The monoisotopic (exact) mass is 336 g/mol. The summed E-state index contributed by atoms with van der Waals surface area (Å²) in [7, 11) is 0. The summed E-state index contributed by atoms with van der Waals surface area (Å²) >= 11 is 0. The van der Waals surface area contributed by atoms with Crippen LogP contribution in [-0.2, 0) is 4.79 Å². The van der Waals surface area contributed by atoms with Gasteiger partial charge >= 0.3 is 0 Å². The average Bonchev–Trinajstić information content (AvgIpc) is 2.54. The molecule has 2 atom stereocenters. The fourth-order valence-corrected chi connectivity index (χ4v) is 3.26. The third kappa shape index (κ3) is 6.57. The molecule has 1 fully saturated rings. The first-order valence-electron chi connectivity index (χ1n) is 8.97. The highest BCUT2D eigenvalue weighted by molar-refractivity contribution is 5.76. The van der Waals surface area contributed by atoms with E-state index in [0.29, 0.717) is 12.1 Å². The first-order valence-corrected chi connectivity index (χ1v) is 8.97. The maximum absolute atomic E-state index is 13.1. The molecule has 2 N–H and O–H groups in total. The number of nitrogens with zero attached hydrogens (tertiary/aromatic N) is 1. The molecule has 5 heteroatoms. The average molecular weight is 336 g/mol. The Morgan fingerprint density at radius 3 is 3.04 bits per heavy atom. The lowest BCUT2D eigenvalue weighted by Gasteiger charge is -2.30. The number of unbranched alkanes of at least 4 members (excludes halogenated alkanes) is 1. The van der Waals surface area contributed by atoms with Crippen molar-refractivity contribution in [2.24, 2.45) is 5.92 Å². The van der Waals surface area contributed by atoms with Crippen molar-refractivity contribution in [3.63, 3.8) is 0 Å². The van der Waals surface area contributed by atoms with E-state index in [0.717, 1.165) is 25.3 Å². The van der Waals surface area contributed by atoms with Gasteiger partial charge in [0, 0.05) is 13.1 Å². The van der Waals surface area contributed by atoms with Gasteiger partial charge in [-0.05, 0) is 62.4 Å². The van der Waals surface area contributed by atoms with E-state index in [1.807, 2.05) is 0 Å². The number of aliphatic hydroxyl groups is 1. The fourth-order valence-electron chi connectivity index (χ4n) is 3.26. The van der Waals surface area contributed by atoms with Crippen molar-refractivity contribution in [2.75, 3.05) is 26.2 Å². The van der Waals surface area contributed by atoms with Crippen molar-refractivity contribution in [1.82, 2.24) is 10.2 Å². The summed E-state index contributed by atoms with van der Waals surface area (Å²) < 4.78 is 13.1. The summed E-state index contributed by atoms with van der Waals surface area (Å²) in [6.07, 6.45) is 3.63. The maximum Gasteiger partial charge on any atom is 0.222 e. The van der Waals surface area contributed by atoms with Crippen LogP contribution in [0.25, 0.3) is 0 Å². The molecule has 0 aromatic heterocycles. The Labute approximate surface area is 144 Å². The fraction of sp³-hybridized carbons (Fsp3) is 0.632. The molecule has 2 unspecified atom stereocenters. The van der Waals surface area contributed by atoms with Gasteiger partial charge in [-0.15, -0.1) is 0 Å². The molecule has 1 saturated heterocycles. The first kappa shape index (κ1) is 18.9. The molecule has 1 heterocycles. The second kappa shape index (κ2) is 9.74. The number of benzene rings is 1. The van der Waals surface area contributed by atoms with Gasteiger partial charge in [0.2, 0.25) is 5.91 Å². The summed E-state index contributed by atoms with van der Waals surface area (Å²) in [5.74, 6) is 0.195. The number of carbonyl (C=O) groups excluding carboxylic acids is 1. The molecule has 134 valence electrons. The van der Waals surface area contributed by atoms with E-state index in [4.69, 9.17) is 0 Å². The Hall–Kier alpha value is -1.46. The third-order valence-corrected chi connectivity index (χ3v) is 4.58. The van der Waals surface area contributed by atoms with Crippen molar-refractivity contribution < 1.29 is 14.3 Å². The Balaban J connectivity index is 1.58. The topological polar surface area (TPSA) is 52.6 Å². The zero-order valence-corrected chi connectivity index (χ0v) is 14.5. The van der Waals surface area contributed by atoms with Gasteiger partial charge < -0.3 is 15.3 Å². The molecule has 1 aromatic carbocycles. The molecule has 2 rings (SSSR count). The molecule has 1 amide bonds. The smallest absolute Gasteiger partial charge is 0.222 e. The van der Waals surface area contributed by atoms with Crippen LogP contribution in [0.3, 0.4) is 0 Å². The van der Waals surface area contributed by atoms with Gasteiger partial charge in [-0.3, -0.25) is 4.79 Å². The molecule has 1 aliphatic rings. The number of hydrogen-bond acceptors (Lipinski definition) is 3. The lowest BCUT2D eigenvalue weighted by Crippen LogP contribution is -2.35. The second-order valence-electron chi connectivity index (χ2n) is 6.88. The normalized spacial score (nSPS) is 19.9.